The molecular formula is C11H18N4OS. The van der Waals surface area contributed by atoms with Crippen LogP contribution in [0.25, 0.3) is 0 Å². The van der Waals surface area contributed by atoms with Crippen molar-refractivity contribution in [2.24, 2.45) is 5.41 Å². The van der Waals surface area contributed by atoms with Gasteiger partial charge in [0.1, 0.15) is 0 Å². The lowest BCUT2D eigenvalue weighted by Crippen LogP contribution is -2.32. The van der Waals surface area contributed by atoms with Gasteiger partial charge in [-0.1, -0.05) is 25.2 Å². The van der Waals surface area contributed by atoms with Crippen LogP contribution in [0.15, 0.2) is 0 Å². The fourth-order valence-electron chi connectivity index (χ4n) is 2.08. The van der Waals surface area contributed by atoms with Gasteiger partial charge >= 0.3 is 0 Å². The third-order valence-corrected chi connectivity index (χ3v) is 3.99. The molecule has 2 heterocycles. The number of amides is 1. The van der Waals surface area contributed by atoms with Gasteiger partial charge in [0.2, 0.25) is 10.1 Å². The van der Waals surface area contributed by atoms with E-state index in [1.54, 1.807) is 0 Å². The van der Waals surface area contributed by atoms with Gasteiger partial charge in [-0.05, 0) is 24.7 Å². The van der Waals surface area contributed by atoms with E-state index in [-0.39, 0.29) is 5.91 Å². The van der Waals surface area contributed by atoms with Crippen molar-refractivity contribution in [3.05, 3.63) is 5.01 Å². The standard InChI is InChI=1S/C11H18N4OS/c1-11(2)4-3-6-15(7-5-11)9(16)8-13-14-10(12)17-8/h3-7H2,1-2H3,(H2,12,14). The Morgan fingerprint density at radius 1 is 1.35 bits per heavy atom. The third kappa shape index (κ3) is 2.94. The quantitative estimate of drug-likeness (QED) is 0.829. The first-order chi connectivity index (χ1) is 7.98. The lowest BCUT2D eigenvalue weighted by molar-refractivity contribution is 0.0756. The van der Waals surface area contributed by atoms with Crippen molar-refractivity contribution < 1.29 is 4.79 Å². The smallest absolute Gasteiger partial charge is 0.284 e. The normalized spacial score (nSPS) is 20.0. The molecular weight excluding hydrogens is 236 g/mol. The Kier molecular flexibility index (Phi) is 3.33. The second kappa shape index (κ2) is 4.60. The van der Waals surface area contributed by atoms with E-state index >= 15 is 0 Å². The number of nitrogens with two attached hydrogens (primary N) is 1. The van der Waals surface area contributed by atoms with Crippen LogP contribution in [0.4, 0.5) is 5.13 Å². The van der Waals surface area contributed by atoms with E-state index in [9.17, 15) is 4.79 Å². The highest BCUT2D eigenvalue weighted by atomic mass is 32.1. The van der Waals surface area contributed by atoms with Gasteiger partial charge in [-0.25, -0.2) is 0 Å². The van der Waals surface area contributed by atoms with Crippen LogP contribution in [0.5, 0.6) is 0 Å². The van der Waals surface area contributed by atoms with Crippen LogP contribution in [0.1, 0.15) is 42.9 Å². The molecule has 0 aromatic carbocycles. The average Bonchev–Trinajstić information content (AvgIpc) is 2.60. The minimum Gasteiger partial charge on any atom is -0.374 e. The number of anilines is 1. The Bertz CT molecular complexity index is 415. The zero-order chi connectivity index (χ0) is 12.5. The largest absolute Gasteiger partial charge is 0.374 e. The maximum Gasteiger partial charge on any atom is 0.284 e. The average molecular weight is 254 g/mol. The van der Waals surface area contributed by atoms with Crippen molar-refractivity contribution in [1.82, 2.24) is 15.1 Å². The van der Waals surface area contributed by atoms with Crippen LogP contribution in [-0.4, -0.2) is 34.1 Å². The Morgan fingerprint density at radius 3 is 2.76 bits per heavy atom. The SMILES string of the molecule is CC1(C)CCCN(C(=O)c2nnc(N)s2)CC1. The molecule has 6 heteroatoms. The van der Waals surface area contributed by atoms with Crippen LogP contribution in [0.2, 0.25) is 0 Å². The van der Waals surface area contributed by atoms with E-state index in [0.29, 0.717) is 15.6 Å². The van der Waals surface area contributed by atoms with Crippen LogP contribution in [0, 0.1) is 5.41 Å². The molecule has 0 unspecified atom stereocenters. The van der Waals surface area contributed by atoms with Crippen LogP contribution in [-0.2, 0) is 0 Å². The number of nitrogens with zero attached hydrogens (tertiary/aromatic N) is 3. The summed E-state index contributed by atoms with van der Waals surface area (Å²) in [5, 5.41) is 8.25. The maximum atomic E-state index is 12.2. The van der Waals surface area contributed by atoms with Gasteiger partial charge in [0.15, 0.2) is 0 Å². The molecule has 1 aromatic heterocycles. The first-order valence-corrected chi connectivity index (χ1v) is 6.68. The van der Waals surface area contributed by atoms with E-state index in [4.69, 9.17) is 5.73 Å². The van der Waals surface area contributed by atoms with Crippen molar-refractivity contribution in [3.8, 4) is 0 Å². The number of carbonyl (C=O) groups excluding carboxylic acids is 1. The lowest BCUT2D eigenvalue weighted by Gasteiger charge is -2.22. The highest BCUT2D eigenvalue weighted by Crippen LogP contribution is 2.30. The molecule has 1 fully saturated rings. The number of hydrogen-bond donors (Lipinski definition) is 1. The Balaban J connectivity index is 2.05. The number of carbonyl (C=O) groups is 1. The van der Waals surface area contributed by atoms with E-state index in [0.717, 1.165) is 43.7 Å². The summed E-state index contributed by atoms with van der Waals surface area (Å²) in [6.45, 7) is 6.11. The molecule has 0 bridgehead atoms. The highest BCUT2D eigenvalue weighted by molar-refractivity contribution is 7.16. The van der Waals surface area contributed by atoms with Gasteiger partial charge in [0.05, 0.1) is 0 Å². The van der Waals surface area contributed by atoms with E-state index in [1.165, 1.54) is 0 Å². The molecule has 1 aromatic rings. The van der Waals surface area contributed by atoms with Crippen molar-refractivity contribution in [2.75, 3.05) is 18.8 Å². The maximum absolute atomic E-state index is 12.2. The number of hydrogen-bond acceptors (Lipinski definition) is 5. The second-order valence-corrected chi connectivity index (χ2v) is 6.26. The molecule has 0 atom stereocenters. The topological polar surface area (TPSA) is 72.1 Å². The molecule has 0 spiro atoms. The first kappa shape index (κ1) is 12.3. The van der Waals surface area contributed by atoms with Gasteiger partial charge in [0.25, 0.3) is 5.91 Å². The molecule has 0 aliphatic carbocycles. The minimum absolute atomic E-state index is 0.0306. The number of nitrogen functional groups attached to an aromatic ring is 1. The first-order valence-electron chi connectivity index (χ1n) is 5.86. The molecule has 2 rings (SSSR count). The Hall–Kier alpha value is -1.17. The zero-order valence-electron chi connectivity index (χ0n) is 10.3. The summed E-state index contributed by atoms with van der Waals surface area (Å²) in [7, 11) is 0. The molecule has 0 saturated carbocycles. The van der Waals surface area contributed by atoms with Gasteiger partial charge < -0.3 is 10.6 Å². The summed E-state index contributed by atoms with van der Waals surface area (Å²) < 4.78 is 0. The molecule has 1 saturated heterocycles. The highest BCUT2D eigenvalue weighted by Gasteiger charge is 2.27. The van der Waals surface area contributed by atoms with Crippen LogP contribution >= 0.6 is 11.3 Å². The molecule has 5 nitrogen and oxygen atoms in total. The summed E-state index contributed by atoms with van der Waals surface area (Å²) in [6.07, 6.45) is 3.25. The van der Waals surface area contributed by atoms with E-state index in [2.05, 4.69) is 24.0 Å². The summed E-state index contributed by atoms with van der Waals surface area (Å²) in [4.78, 5) is 14.0. The molecule has 0 radical (unpaired) electrons. The monoisotopic (exact) mass is 254 g/mol. The van der Waals surface area contributed by atoms with Gasteiger partial charge in [-0.3, -0.25) is 4.79 Å². The molecule has 1 aliphatic heterocycles. The molecule has 2 N–H and O–H groups in total. The second-order valence-electron chi connectivity index (χ2n) is 5.26. The van der Waals surface area contributed by atoms with Crippen molar-refractivity contribution >= 4 is 22.4 Å². The predicted molar refractivity (Wildman–Crippen MR) is 67.9 cm³/mol. The zero-order valence-corrected chi connectivity index (χ0v) is 11.1. The van der Waals surface area contributed by atoms with E-state index < -0.39 is 0 Å². The van der Waals surface area contributed by atoms with Gasteiger partial charge in [0, 0.05) is 13.1 Å². The van der Waals surface area contributed by atoms with Crippen molar-refractivity contribution in [3.63, 3.8) is 0 Å². The molecule has 1 amide bonds. The van der Waals surface area contributed by atoms with Crippen LogP contribution in [0.3, 0.4) is 0 Å². The summed E-state index contributed by atoms with van der Waals surface area (Å²) in [5.74, 6) is -0.0306. The lowest BCUT2D eigenvalue weighted by atomic mass is 9.85. The number of rotatable bonds is 1. The summed E-state index contributed by atoms with van der Waals surface area (Å²) in [6, 6.07) is 0. The fourth-order valence-corrected chi connectivity index (χ4v) is 2.66. The van der Waals surface area contributed by atoms with E-state index in [1.807, 2.05) is 4.90 Å². The fraction of sp³-hybridized carbons (Fsp3) is 0.727. The summed E-state index contributed by atoms with van der Waals surface area (Å²) >= 11 is 1.16. The third-order valence-electron chi connectivity index (χ3n) is 3.25. The van der Waals surface area contributed by atoms with Crippen molar-refractivity contribution in [2.45, 2.75) is 33.1 Å². The van der Waals surface area contributed by atoms with Gasteiger partial charge in [-0.15, -0.1) is 10.2 Å². The number of aromatic nitrogens is 2. The minimum atomic E-state index is -0.0306. The molecule has 94 valence electrons. The predicted octanol–water partition coefficient (Wildman–Crippen LogP) is 1.77. The molecule has 1 aliphatic rings. The van der Waals surface area contributed by atoms with Gasteiger partial charge in [-0.2, -0.15) is 0 Å². The number of likely N-dealkylation sites (tertiary alicyclic amines) is 1. The Morgan fingerprint density at radius 2 is 2.12 bits per heavy atom. The Labute approximate surface area is 105 Å². The molecule has 17 heavy (non-hydrogen) atoms. The van der Waals surface area contributed by atoms with Crippen LogP contribution < -0.4 is 5.73 Å². The van der Waals surface area contributed by atoms with Crippen molar-refractivity contribution in [1.29, 1.82) is 0 Å². The summed E-state index contributed by atoms with van der Waals surface area (Å²) in [5.41, 5.74) is 5.82.